The molecule has 1 unspecified atom stereocenters. The zero-order chi connectivity index (χ0) is 16.4. The molecule has 5 nitrogen and oxygen atoms in total. The zero-order valence-corrected chi connectivity index (χ0v) is 14.2. The van der Waals surface area contributed by atoms with Crippen LogP contribution >= 0.6 is 23.2 Å². The van der Waals surface area contributed by atoms with Gasteiger partial charge in [0.25, 0.3) is 0 Å². The van der Waals surface area contributed by atoms with Gasteiger partial charge in [0, 0.05) is 34.7 Å². The number of halogens is 2. The van der Waals surface area contributed by atoms with Crippen molar-refractivity contribution >= 4 is 40.7 Å². The fourth-order valence-corrected chi connectivity index (χ4v) is 3.63. The maximum Gasteiger partial charge on any atom is 0.227 e. The molecule has 2 aliphatic rings. The maximum absolute atomic E-state index is 12.4. The van der Waals surface area contributed by atoms with E-state index in [1.807, 2.05) is 0 Å². The van der Waals surface area contributed by atoms with Gasteiger partial charge >= 0.3 is 0 Å². The summed E-state index contributed by atoms with van der Waals surface area (Å²) in [4.78, 5) is 26.2. The molecule has 0 saturated carbocycles. The average molecular weight is 356 g/mol. The van der Waals surface area contributed by atoms with E-state index >= 15 is 0 Å². The molecular weight excluding hydrogens is 337 g/mol. The zero-order valence-electron chi connectivity index (χ0n) is 12.6. The predicted octanol–water partition coefficient (Wildman–Crippen LogP) is 2.21. The number of nitrogens with zero attached hydrogens (tertiary/aromatic N) is 1. The number of hydrogen-bond acceptors (Lipinski definition) is 3. The monoisotopic (exact) mass is 355 g/mol. The Labute approximate surface area is 145 Å². The number of benzene rings is 1. The second kappa shape index (κ2) is 7.07. The van der Waals surface area contributed by atoms with Gasteiger partial charge in [-0.05, 0) is 44.1 Å². The Bertz CT molecular complexity index is 597. The molecule has 1 aromatic carbocycles. The van der Waals surface area contributed by atoms with Crippen molar-refractivity contribution in [3.05, 3.63) is 28.2 Å². The largest absolute Gasteiger partial charge is 0.353 e. The molecule has 2 fully saturated rings. The molecule has 0 bridgehead atoms. The van der Waals surface area contributed by atoms with E-state index in [4.69, 9.17) is 23.2 Å². The van der Waals surface area contributed by atoms with Crippen molar-refractivity contribution in [1.82, 2.24) is 10.6 Å². The lowest BCUT2D eigenvalue weighted by Crippen LogP contribution is -2.45. The first kappa shape index (κ1) is 16.6. The number of carbonyl (C=O) groups excluding carboxylic acids is 2. The standard InChI is InChI=1S/C16H19Cl2N3O2/c17-11-6-12(18)8-14(7-11)21-9-10(5-15(21)22)16(23)20-13-1-3-19-4-2-13/h6-8,10,13,19H,1-5,9H2,(H,20,23). The molecule has 0 radical (unpaired) electrons. The second-order valence-corrected chi connectivity index (χ2v) is 6.94. The van der Waals surface area contributed by atoms with E-state index in [1.54, 1.807) is 23.1 Å². The first-order valence-electron chi connectivity index (χ1n) is 7.80. The Hall–Kier alpha value is -1.30. The summed E-state index contributed by atoms with van der Waals surface area (Å²) in [6.07, 6.45) is 2.08. The van der Waals surface area contributed by atoms with Crippen LogP contribution in [0.2, 0.25) is 10.0 Å². The Kier molecular flexibility index (Phi) is 5.09. The van der Waals surface area contributed by atoms with Gasteiger partial charge in [-0.1, -0.05) is 23.2 Å². The first-order chi connectivity index (χ1) is 11.0. The Balaban J connectivity index is 1.65. The third-order valence-corrected chi connectivity index (χ3v) is 4.78. The van der Waals surface area contributed by atoms with Crippen molar-refractivity contribution < 1.29 is 9.59 Å². The number of piperidine rings is 1. The SMILES string of the molecule is O=C(NC1CCNCC1)C1CC(=O)N(c2cc(Cl)cc(Cl)c2)C1. The van der Waals surface area contributed by atoms with Gasteiger partial charge in [0.2, 0.25) is 11.8 Å². The average Bonchev–Trinajstić information content (AvgIpc) is 2.89. The third-order valence-electron chi connectivity index (χ3n) is 4.34. The Morgan fingerprint density at radius 1 is 1.17 bits per heavy atom. The van der Waals surface area contributed by atoms with E-state index in [2.05, 4.69) is 10.6 Å². The van der Waals surface area contributed by atoms with Crippen LogP contribution in [0.25, 0.3) is 0 Å². The fourth-order valence-electron chi connectivity index (χ4n) is 3.11. The van der Waals surface area contributed by atoms with Crippen molar-refractivity contribution in [2.24, 2.45) is 5.92 Å². The summed E-state index contributed by atoms with van der Waals surface area (Å²) in [7, 11) is 0. The quantitative estimate of drug-likeness (QED) is 0.873. The van der Waals surface area contributed by atoms with Crippen LogP contribution in [0.5, 0.6) is 0 Å². The molecule has 1 atom stereocenters. The molecule has 124 valence electrons. The van der Waals surface area contributed by atoms with Crippen molar-refractivity contribution in [1.29, 1.82) is 0 Å². The summed E-state index contributed by atoms with van der Waals surface area (Å²) in [5.41, 5.74) is 0.643. The van der Waals surface area contributed by atoms with Crippen LogP contribution in [0.1, 0.15) is 19.3 Å². The number of hydrogen-bond donors (Lipinski definition) is 2. The van der Waals surface area contributed by atoms with Crippen LogP contribution in [0.4, 0.5) is 5.69 Å². The van der Waals surface area contributed by atoms with E-state index in [0.717, 1.165) is 25.9 Å². The number of anilines is 1. The van der Waals surface area contributed by atoms with Gasteiger partial charge in [0.15, 0.2) is 0 Å². The number of rotatable bonds is 3. The summed E-state index contributed by atoms with van der Waals surface area (Å²) >= 11 is 12.0. The van der Waals surface area contributed by atoms with E-state index in [9.17, 15) is 9.59 Å². The van der Waals surface area contributed by atoms with Gasteiger partial charge in [-0.25, -0.2) is 0 Å². The Morgan fingerprint density at radius 3 is 2.48 bits per heavy atom. The van der Waals surface area contributed by atoms with Gasteiger partial charge in [-0.3, -0.25) is 9.59 Å². The molecule has 2 saturated heterocycles. The molecular formula is C16H19Cl2N3O2. The lowest BCUT2D eigenvalue weighted by molar-refractivity contribution is -0.127. The number of nitrogens with one attached hydrogen (secondary N) is 2. The second-order valence-electron chi connectivity index (χ2n) is 6.07. The minimum absolute atomic E-state index is 0.0409. The van der Waals surface area contributed by atoms with Crippen molar-refractivity contribution in [3.63, 3.8) is 0 Å². The molecule has 0 aromatic heterocycles. The molecule has 7 heteroatoms. The van der Waals surface area contributed by atoms with Crippen LogP contribution in [0.3, 0.4) is 0 Å². The smallest absolute Gasteiger partial charge is 0.227 e. The summed E-state index contributed by atoms with van der Waals surface area (Å²) in [5.74, 6) is -0.440. The predicted molar refractivity (Wildman–Crippen MR) is 91.0 cm³/mol. The third kappa shape index (κ3) is 3.97. The molecule has 0 aliphatic carbocycles. The Morgan fingerprint density at radius 2 is 1.83 bits per heavy atom. The van der Waals surface area contributed by atoms with Gasteiger partial charge in [0.1, 0.15) is 0 Å². The molecule has 2 amide bonds. The van der Waals surface area contributed by atoms with Crippen LogP contribution in [-0.2, 0) is 9.59 Å². The van der Waals surface area contributed by atoms with E-state index in [1.165, 1.54) is 0 Å². The van der Waals surface area contributed by atoms with Gasteiger partial charge in [0.05, 0.1) is 5.92 Å². The molecule has 2 aliphatic heterocycles. The van der Waals surface area contributed by atoms with Gasteiger partial charge in [-0.15, -0.1) is 0 Å². The summed E-state index contributed by atoms with van der Waals surface area (Å²) < 4.78 is 0. The molecule has 2 N–H and O–H groups in total. The summed E-state index contributed by atoms with van der Waals surface area (Å²) in [5, 5.41) is 7.28. The first-order valence-corrected chi connectivity index (χ1v) is 8.56. The van der Waals surface area contributed by atoms with Gasteiger partial charge in [-0.2, -0.15) is 0 Å². The summed E-state index contributed by atoms with van der Waals surface area (Å²) in [6.45, 7) is 2.20. The molecule has 1 aromatic rings. The lowest BCUT2D eigenvalue weighted by Gasteiger charge is -2.25. The van der Waals surface area contributed by atoms with Crippen LogP contribution < -0.4 is 15.5 Å². The topological polar surface area (TPSA) is 61.4 Å². The normalized spacial score (nSPS) is 22.4. The number of carbonyl (C=O) groups is 2. The van der Waals surface area contributed by atoms with Crippen LogP contribution in [0, 0.1) is 5.92 Å². The van der Waals surface area contributed by atoms with Crippen LogP contribution in [-0.4, -0.2) is 37.5 Å². The van der Waals surface area contributed by atoms with E-state index in [-0.39, 0.29) is 30.2 Å². The molecule has 23 heavy (non-hydrogen) atoms. The highest BCUT2D eigenvalue weighted by Crippen LogP contribution is 2.30. The van der Waals surface area contributed by atoms with Crippen molar-refractivity contribution in [2.45, 2.75) is 25.3 Å². The highest BCUT2D eigenvalue weighted by Gasteiger charge is 2.36. The van der Waals surface area contributed by atoms with Crippen molar-refractivity contribution in [3.8, 4) is 0 Å². The fraction of sp³-hybridized carbons (Fsp3) is 0.500. The molecule has 3 rings (SSSR count). The van der Waals surface area contributed by atoms with Crippen LogP contribution in [0.15, 0.2) is 18.2 Å². The summed E-state index contributed by atoms with van der Waals surface area (Å²) in [6, 6.07) is 5.21. The minimum atomic E-state index is -0.324. The van der Waals surface area contributed by atoms with Gasteiger partial charge < -0.3 is 15.5 Å². The molecule has 0 spiro atoms. The minimum Gasteiger partial charge on any atom is -0.353 e. The number of amides is 2. The highest BCUT2D eigenvalue weighted by molar-refractivity contribution is 6.35. The van der Waals surface area contributed by atoms with Crippen molar-refractivity contribution in [2.75, 3.05) is 24.5 Å². The molecule has 2 heterocycles. The highest BCUT2D eigenvalue weighted by atomic mass is 35.5. The van der Waals surface area contributed by atoms with E-state index in [0.29, 0.717) is 22.3 Å². The van der Waals surface area contributed by atoms with E-state index < -0.39 is 0 Å². The lowest BCUT2D eigenvalue weighted by atomic mass is 10.0. The maximum atomic E-state index is 12.4.